The molecule has 0 aromatic carbocycles. The van der Waals surface area contributed by atoms with Crippen molar-refractivity contribution in [2.45, 2.75) is 145 Å². The molecule has 3 N–H and O–H groups in total. The van der Waals surface area contributed by atoms with Gasteiger partial charge in [0, 0.05) is 42.7 Å². The molecule has 5 aliphatic carbocycles. The third-order valence-electron chi connectivity index (χ3n) is 17.0. The summed E-state index contributed by atoms with van der Waals surface area (Å²) in [5.41, 5.74) is -0.130. The van der Waals surface area contributed by atoms with Crippen LogP contribution in [0.5, 0.6) is 0 Å². The Balaban J connectivity index is 1.22. The van der Waals surface area contributed by atoms with E-state index in [2.05, 4.69) is 80.0 Å². The number of carbonyl (C=O) groups is 3. The number of rotatable bonds is 11. The van der Waals surface area contributed by atoms with Gasteiger partial charge >= 0.3 is 11.9 Å². The molecule has 0 bridgehead atoms. The van der Waals surface area contributed by atoms with Gasteiger partial charge < -0.3 is 24.8 Å². The van der Waals surface area contributed by atoms with Crippen LogP contribution in [0, 0.1) is 67.5 Å². The van der Waals surface area contributed by atoms with Crippen molar-refractivity contribution in [1.82, 2.24) is 30.0 Å². The summed E-state index contributed by atoms with van der Waals surface area (Å²) in [5, 5.41) is 44.2. The van der Waals surface area contributed by atoms with Gasteiger partial charge in [-0.2, -0.15) is 5.26 Å². The first-order chi connectivity index (χ1) is 27.6. The first kappa shape index (κ1) is 43.1. The lowest BCUT2D eigenvalue weighted by Crippen LogP contribution is -2.66. The quantitative estimate of drug-likeness (QED) is 0.193. The number of ketones is 1. The summed E-state index contributed by atoms with van der Waals surface area (Å²) in [7, 11) is 1.86. The van der Waals surface area contributed by atoms with Crippen molar-refractivity contribution >= 4 is 17.7 Å². The average molecular weight is 812 g/mol. The van der Waals surface area contributed by atoms with Gasteiger partial charge in [-0.25, -0.2) is 9.97 Å². The fourth-order valence-corrected chi connectivity index (χ4v) is 13.7. The summed E-state index contributed by atoms with van der Waals surface area (Å²) >= 11 is 0. The number of aromatic nitrogens is 5. The van der Waals surface area contributed by atoms with Crippen molar-refractivity contribution in [3.05, 3.63) is 34.9 Å². The minimum absolute atomic E-state index is 0.00246. The van der Waals surface area contributed by atoms with E-state index in [1.807, 2.05) is 11.6 Å². The number of aliphatic hydroxyl groups excluding tert-OH is 1. The van der Waals surface area contributed by atoms with Gasteiger partial charge in [0.1, 0.15) is 18.3 Å². The Morgan fingerprint density at radius 1 is 1.00 bits per heavy atom. The van der Waals surface area contributed by atoms with E-state index in [4.69, 9.17) is 4.74 Å². The molecule has 320 valence electrons. The number of aliphatic hydroxyl groups is 1. The number of ether oxygens (including phenoxy) is 1. The largest absolute Gasteiger partial charge is 0.481 e. The van der Waals surface area contributed by atoms with Crippen LogP contribution in [0.4, 0.5) is 0 Å². The molecule has 0 amide bonds. The zero-order valence-electron chi connectivity index (χ0n) is 36.8. The minimum atomic E-state index is -1.19. The van der Waals surface area contributed by atoms with Gasteiger partial charge in [-0.3, -0.25) is 14.4 Å². The summed E-state index contributed by atoms with van der Waals surface area (Å²) in [6.45, 7) is 20.4. The number of esters is 1. The molecule has 0 aliphatic heterocycles. The smallest absolute Gasteiger partial charge is 0.309 e. The molecule has 13 nitrogen and oxygen atoms in total. The Bertz CT molecular complexity index is 2080. The fraction of sp³-hybridized carbons (Fsp3) is 0.739. The molecule has 0 saturated heterocycles. The number of aliphatic carboxylic acids is 1. The van der Waals surface area contributed by atoms with E-state index < -0.39 is 28.9 Å². The maximum Gasteiger partial charge on any atom is 0.309 e. The maximum atomic E-state index is 14.4. The summed E-state index contributed by atoms with van der Waals surface area (Å²) in [6, 6.07) is 2.06. The predicted octanol–water partition coefficient (Wildman–Crippen LogP) is 7.25. The molecule has 7 rings (SSSR count). The monoisotopic (exact) mass is 811 g/mol. The lowest BCUT2D eigenvalue weighted by atomic mass is 9.33. The summed E-state index contributed by atoms with van der Waals surface area (Å²) in [4.78, 5) is 48.2. The van der Waals surface area contributed by atoms with Crippen molar-refractivity contribution in [3.63, 3.8) is 0 Å². The predicted molar refractivity (Wildman–Crippen MR) is 220 cm³/mol. The SMILES string of the molecule is CNCCn1c(-c2ncc(C#N)cn2)nnc1[C@@H](O)[C@@]12CC[C@]3(C)[C@H](CC[C@@H]4[C@@]5(C)CC[C@H](OC(=O)CC(C)(C)C(=O)O)C(C)(C)[C@@H]5CC[C@]43C)C1=C(C(C)C)C(=O)C2. The molecule has 4 fully saturated rings. The summed E-state index contributed by atoms with van der Waals surface area (Å²) < 4.78 is 8.06. The lowest BCUT2D eigenvalue weighted by Gasteiger charge is -2.72. The molecule has 13 heteroatoms. The first-order valence-electron chi connectivity index (χ1n) is 21.8. The van der Waals surface area contributed by atoms with Crippen LogP contribution in [0.3, 0.4) is 0 Å². The number of carboxylic acids is 1. The lowest BCUT2D eigenvalue weighted by molar-refractivity contribution is -0.235. The molecular weight excluding hydrogens is 747 g/mol. The van der Waals surface area contributed by atoms with Gasteiger partial charge in [0.2, 0.25) is 5.82 Å². The molecular formula is C46H65N7O6. The molecule has 0 unspecified atom stereocenters. The van der Waals surface area contributed by atoms with Crippen LogP contribution in [0.1, 0.15) is 144 Å². The molecule has 2 aromatic heterocycles. The zero-order valence-corrected chi connectivity index (χ0v) is 36.8. The number of likely N-dealkylation sites (N-methyl/N-ethyl adjacent to an activating group) is 1. The van der Waals surface area contributed by atoms with Gasteiger partial charge in [-0.05, 0) is 123 Å². The van der Waals surface area contributed by atoms with Crippen molar-refractivity contribution in [2.24, 2.45) is 56.2 Å². The second kappa shape index (κ2) is 14.9. The molecule has 9 atom stereocenters. The van der Waals surface area contributed by atoms with Crippen LogP contribution >= 0.6 is 0 Å². The van der Waals surface area contributed by atoms with Crippen LogP contribution in [0.25, 0.3) is 11.6 Å². The highest BCUT2D eigenvalue weighted by Gasteiger charge is 2.71. The Kier molecular flexibility index (Phi) is 10.8. The normalized spacial score (nSPS) is 34.3. The van der Waals surface area contributed by atoms with Crippen LogP contribution in [-0.2, 0) is 25.7 Å². The maximum absolute atomic E-state index is 14.4. The van der Waals surface area contributed by atoms with Crippen LogP contribution in [0.2, 0.25) is 0 Å². The number of nitrogens with zero attached hydrogens (tertiary/aromatic N) is 6. The average Bonchev–Trinajstić information content (AvgIpc) is 3.73. The number of allylic oxidation sites excluding steroid dienone is 1. The minimum Gasteiger partial charge on any atom is -0.481 e. The van der Waals surface area contributed by atoms with Gasteiger partial charge in [0.15, 0.2) is 17.4 Å². The molecule has 2 aromatic rings. The molecule has 5 aliphatic rings. The van der Waals surface area contributed by atoms with Crippen molar-refractivity contribution in [1.29, 1.82) is 5.26 Å². The Morgan fingerprint density at radius 3 is 2.32 bits per heavy atom. The number of nitrogens with one attached hydrogen (secondary N) is 1. The molecule has 0 radical (unpaired) electrons. The Morgan fingerprint density at radius 2 is 1.69 bits per heavy atom. The van der Waals surface area contributed by atoms with Crippen LogP contribution in [0.15, 0.2) is 23.5 Å². The molecule has 59 heavy (non-hydrogen) atoms. The summed E-state index contributed by atoms with van der Waals surface area (Å²) in [6.07, 6.45) is 8.74. The number of nitriles is 1. The van der Waals surface area contributed by atoms with Gasteiger partial charge in [-0.15, -0.1) is 10.2 Å². The Hall–Kier alpha value is -4.02. The number of carbonyl (C=O) groups excluding carboxylic acids is 2. The highest BCUT2D eigenvalue weighted by molar-refractivity contribution is 6.00. The zero-order chi connectivity index (χ0) is 43.1. The van der Waals surface area contributed by atoms with Crippen molar-refractivity contribution in [2.75, 3.05) is 13.6 Å². The van der Waals surface area contributed by atoms with Crippen LogP contribution < -0.4 is 5.32 Å². The standard InChI is InChI=1S/C46H65N7O6/c1-26(2)34-29(54)21-46(36(56)38-51-52-39(53(38)20-19-48-10)37-49-24-27(23-47)25-50-37)18-17-44(8)28(35(34)46)11-12-31-43(7)15-14-32(59-33(55)22-41(3,4)40(57)58)42(5,6)30(43)13-16-45(31,44)9/h24-26,28,30-32,36,48,56H,11-22H2,1-10H3,(H,57,58)/t28-,30+,31-,32+,36-,43+,44-,45-,46-/m1/s1. The number of hydrogen-bond donors (Lipinski definition) is 3. The van der Waals surface area contributed by atoms with E-state index in [0.29, 0.717) is 54.4 Å². The van der Waals surface area contributed by atoms with Crippen molar-refractivity contribution in [3.8, 4) is 17.7 Å². The highest BCUT2D eigenvalue weighted by Crippen LogP contribution is 2.77. The molecule has 4 saturated carbocycles. The van der Waals surface area contributed by atoms with Crippen molar-refractivity contribution < 1.29 is 29.3 Å². The molecule has 2 heterocycles. The van der Waals surface area contributed by atoms with Gasteiger partial charge in [0.25, 0.3) is 0 Å². The van der Waals surface area contributed by atoms with E-state index in [0.717, 1.165) is 56.1 Å². The van der Waals surface area contributed by atoms with E-state index >= 15 is 0 Å². The second-order valence-corrected chi connectivity index (χ2v) is 21.0. The third kappa shape index (κ3) is 6.48. The first-order valence-corrected chi connectivity index (χ1v) is 21.8. The second-order valence-electron chi connectivity index (χ2n) is 21.0. The van der Waals surface area contributed by atoms with E-state index in [-0.39, 0.29) is 58.2 Å². The van der Waals surface area contributed by atoms with Gasteiger partial charge in [0.05, 0.1) is 17.4 Å². The van der Waals surface area contributed by atoms with E-state index in [1.165, 1.54) is 12.4 Å². The van der Waals surface area contributed by atoms with E-state index in [9.17, 15) is 29.9 Å². The van der Waals surface area contributed by atoms with E-state index in [1.54, 1.807) is 13.8 Å². The Labute approximate surface area is 349 Å². The highest BCUT2D eigenvalue weighted by atomic mass is 16.5. The number of Topliss-reactive ketones (excluding diaryl/α,β-unsaturated/α-hetero) is 1. The molecule has 0 spiro atoms. The topological polar surface area (TPSA) is 193 Å². The number of carboxylic acid groups (broad SMARTS) is 1. The fourth-order valence-electron chi connectivity index (χ4n) is 13.7. The third-order valence-corrected chi connectivity index (χ3v) is 17.0. The van der Waals surface area contributed by atoms with Gasteiger partial charge in [-0.1, -0.05) is 48.5 Å². The number of hydrogen-bond acceptors (Lipinski definition) is 11. The number of fused-ring (bicyclic) bond motifs is 7. The summed E-state index contributed by atoms with van der Waals surface area (Å²) in [5.74, 6) is 0.623. The van der Waals surface area contributed by atoms with Crippen LogP contribution in [-0.4, -0.2) is 72.4 Å².